The summed E-state index contributed by atoms with van der Waals surface area (Å²) in [4.78, 5) is 0. The summed E-state index contributed by atoms with van der Waals surface area (Å²) in [5.74, 6) is 0.469. The minimum absolute atomic E-state index is 0.258. The molecule has 0 amide bonds. The van der Waals surface area contributed by atoms with E-state index in [1.165, 1.54) is 6.42 Å². The Morgan fingerprint density at radius 1 is 1.60 bits per heavy atom. The van der Waals surface area contributed by atoms with Crippen molar-refractivity contribution in [1.82, 2.24) is 9.78 Å². The lowest BCUT2D eigenvalue weighted by Gasteiger charge is -2.30. The number of hydrogen-bond acceptors (Lipinski definition) is 2. The first-order valence-electron chi connectivity index (χ1n) is 5.45. The highest BCUT2D eigenvalue weighted by atomic mass is 35.5. The van der Waals surface area contributed by atoms with E-state index in [-0.39, 0.29) is 6.10 Å². The highest BCUT2D eigenvalue weighted by molar-refractivity contribution is 6.31. The van der Waals surface area contributed by atoms with Crippen molar-refractivity contribution in [2.45, 2.75) is 38.7 Å². The first kappa shape index (κ1) is 11.0. The van der Waals surface area contributed by atoms with Gasteiger partial charge in [0.15, 0.2) is 0 Å². The fourth-order valence-electron chi connectivity index (χ4n) is 2.09. The van der Waals surface area contributed by atoms with E-state index in [9.17, 15) is 5.11 Å². The van der Waals surface area contributed by atoms with Gasteiger partial charge in [-0.25, -0.2) is 0 Å². The third kappa shape index (κ3) is 2.04. The molecule has 1 unspecified atom stereocenters. The molecule has 1 N–H and O–H groups in total. The standard InChI is InChI=1S/C11H17ClN2O/c1-7-11(12)9(14(2)13-7)6-10(15)8-4-3-5-8/h8,10,15H,3-6H2,1-2H3. The molecule has 2 rings (SSSR count). The van der Waals surface area contributed by atoms with Crippen LogP contribution >= 0.6 is 11.6 Å². The second-order valence-corrected chi connectivity index (χ2v) is 4.81. The molecular formula is C11H17ClN2O. The van der Waals surface area contributed by atoms with Crippen LogP contribution in [0.4, 0.5) is 0 Å². The van der Waals surface area contributed by atoms with E-state index in [1.807, 2.05) is 14.0 Å². The molecule has 15 heavy (non-hydrogen) atoms. The number of nitrogens with zero attached hydrogens (tertiary/aromatic N) is 2. The number of halogens is 1. The molecule has 1 fully saturated rings. The Morgan fingerprint density at radius 3 is 2.67 bits per heavy atom. The van der Waals surface area contributed by atoms with Crippen molar-refractivity contribution >= 4 is 11.6 Å². The van der Waals surface area contributed by atoms with Crippen molar-refractivity contribution in [3.8, 4) is 0 Å². The van der Waals surface area contributed by atoms with Gasteiger partial charge in [0.1, 0.15) is 0 Å². The molecular weight excluding hydrogens is 212 g/mol. The van der Waals surface area contributed by atoms with Crippen LogP contribution in [0.25, 0.3) is 0 Å². The third-order valence-electron chi connectivity index (χ3n) is 3.36. The fraction of sp³-hybridized carbons (Fsp3) is 0.727. The molecule has 0 radical (unpaired) electrons. The van der Waals surface area contributed by atoms with Gasteiger partial charge in [0, 0.05) is 13.5 Å². The van der Waals surface area contributed by atoms with Crippen molar-refractivity contribution in [3.63, 3.8) is 0 Å². The summed E-state index contributed by atoms with van der Waals surface area (Å²) >= 11 is 6.13. The Bertz CT molecular complexity index is 358. The summed E-state index contributed by atoms with van der Waals surface area (Å²) < 4.78 is 1.78. The van der Waals surface area contributed by atoms with Crippen LogP contribution in [0.15, 0.2) is 0 Å². The van der Waals surface area contributed by atoms with Crippen LogP contribution in [0.2, 0.25) is 5.02 Å². The lowest BCUT2D eigenvalue weighted by Crippen LogP contribution is -2.29. The molecule has 84 valence electrons. The number of aromatic nitrogens is 2. The number of aryl methyl sites for hydroxylation is 2. The Morgan fingerprint density at radius 2 is 2.27 bits per heavy atom. The van der Waals surface area contributed by atoms with Gasteiger partial charge in [0.25, 0.3) is 0 Å². The summed E-state index contributed by atoms with van der Waals surface area (Å²) in [5, 5.41) is 14.9. The summed E-state index contributed by atoms with van der Waals surface area (Å²) in [6.45, 7) is 1.89. The molecule has 0 spiro atoms. The van der Waals surface area contributed by atoms with Gasteiger partial charge in [0.2, 0.25) is 0 Å². The van der Waals surface area contributed by atoms with Crippen LogP contribution < -0.4 is 0 Å². The average Bonchev–Trinajstić information content (AvgIpc) is 2.29. The number of hydrogen-bond donors (Lipinski definition) is 1. The number of aliphatic hydroxyl groups is 1. The van der Waals surface area contributed by atoms with E-state index in [0.29, 0.717) is 17.4 Å². The second-order valence-electron chi connectivity index (χ2n) is 4.43. The first-order chi connectivity index (χ1) is 7.09. The van der Waals surface area contributed by atoms with Gasteiger partial charge in [-0.2, -0.15) is 5.10 Å². The lowest BCUT2D eigenvalue weighted by molar-refractivity contribution is 0.0615. The highest BCUT2D eigenvalue weighted by Crippen LogP contribution is 2.32. The molecule has 0 saturated heterocycles. The predicted octanol–water partition coefficient (Wildman–Crippen LogP) is 2.09. The predicted molar refractivity (Wildman–Crippen MR) is 60.0 cm³/mol. The van der Waals surface area contributed by atoms with E-state index in [2.05, 4.69) is 5.10 Å². The smallest absolute Gasteiger partial charge is 0.0847 e. The Labute approximate surface area is 95.0 Å². The van der Waals surface area contributed by atoms with Crippen molar-refractivity contribution in [2.24, 2.45) is 13.0 Å². The van der Waals surface area contributed by atoms with Gasteiger partial charge in [-0.3, -0.25) is 4.68 Å². The summed E-state index contributed by atoms with van der Waals surface area (Å²) in [5.41, 5.74) is 1.79. The maximum Gasteiger partial charge on any atom is 0.0847 e. The molecule has 0 aliphatic heterocycles. The number of aliphatic hydroxyl groups excluding tert-OH is 1. The molecule has 1 aromatic rings. The van der Waals surface area contributed by atoms with E-state index in [0.717, 1.165) is 24.2 Å². The summed E-state index contributed by atoms with van der Waals surface area (Å²) in [7, 11) is 1.88. The van der Waals surface area contributed by atoms with Crippen molar-refractivity contribution < 1.29 is 5.11 Å². The van der Waals surface area contributed by atoms with Crippen LogP contribution in [0.5, 0.6) is 0 Å². The number of rotatable bonds is 3. The zero-order chi connectivity index (χ0) is 11.0. The van der Waals surface area contributed by atoms with Gasteiger partial charge in [-0.15, -0.1) is 0 Å². The third-order valence-corrected chi connectivity index (χ3v) is 3.85. The van der Waals surface area contributed by atoms with Crippen LogP contribution in [0.1, 0.15) is 30.7 Å². The summed E-state index contributed by atoms with van der Waals surface area (Å²) in [6.07, 6.45) is 3.91. The lowest BCUT2D eigenvalue weighted by atomic mass is 9.80. The topological polar surface area (TPSA) is 38.0 Å². The van der Waals surface area contributed by atoms with E-state index in [1.54, 1.807) is 4.68 Å². The molecule has 1 heterocycles. The van der Waals surface area contributed by atoms with E-state index < -0.39 is 0 Å². The van der Waals surface area contributed by atoms with Crippen LogP contribution in [0.3, 0.4) is 0 Å². The van der Waals surface area contributed by atoms with Gasteiger partial charge < -0.3 is 5.11 Å². The second kappa shape index (κ2) is 4.14. The minimum atomic E-state index is -0.258. The Hall–Kier alpha value is -0.540. The van der Waals surface area contributed by atoms with Gasteiger partial charge in [-0.05, 0) is 25.7 Å². The normalized spacial score (nSPS) is 18.9. The maximum atomic E-state index is 9.98. The molecule has 0 bridgehead atoms. The quantitative estimate of drug-likeness (QED) is 0.861. The first-order valence-corrected chi connectivity index (χ1v) is 5.83. The van der Waals surface area contributed by atoms with Gasteiger partial charge >= 0.3 is 0 Å². The monoisotopic (exact) mass is 228 g/mol. The maximum absolute atomic E-state index is 9.98. The van der Waals surface area contributed by atoms with Crippen molar-refractivity contribution in [1.29, 1.82) is 0 Å². The van der Waals surface area contributed by atoms with E-state index >= 15 is 0 Å². The molecule has 1 atom stereocenters. The van der Waals surface area contributed by atoms with Crippen molar-refractivity contribution in [3.05, 3.63) is 16.4 Å². The summed E-state index contributed by atoms with van der Waals surface area (Å²) in [6, 6.07) is 0. The molecule has 0 aromatic carbocycles. The van der Waals surface area contributed by atoms with E-state index in [4.69, 9.17) is 11.6 Å². The molecule has 1 saturated carbocycles. The fourth-order valence-corrected chi connectivity index (χ4v) is 2.33. The Kier molecular flexibility index (Phi) is 3.03. The van der Waals surface area contributed by atoms with Crippen LogP contribution in [-0.4, -0.2) is 21.0 Å². The van der Waals surface area contributed by atoms with Gasteiger partial charge in [0.05, 0.1) is 22.5 Å². The average molecular weight is 229 g/mol. The largest absolute Gasteiger partial charge is 0.392 e. The molecule has 1 aliphatic rings. The van der Waals surface area contributed by atoms with Gasteiger partial charge in [-0.1, -0.05) is 18.0 Å². The zero-order valence-electron chi connectivity index (χ0n) is 9.20. The minimum Gasteiger partial charge on any atom is -0.392 e. The molecule has 1 aliphatic carbocycles. The molecule has 1 aromatic heterocycles. The van der Waals surface area contributed by atoms with Crippen LogP contribution in [-0.2, 0) is 13.5 Å². The van der Waals surface area contributed by atoms with Crippen molar-refractivity contribution in [2.75, 3.05) is 0 Å². The molecule has 4 heteroatoms. The van der Waals surface area contributed by atoms with Crippen LogP contribution in [0, 0.1) is 12.8 Å². The highest BCUT2D eigenvalue weighted by Gasteiger charge is 2.27. The Balaban J connectivity index is 2.09. The SMILES string of the molecule is Cc1nn(C)c(CC(O)C2CCC2)c1Cl. The zero-order valence-corrected chi connectivity index (χ0v) is 9.96. The molecule has 3 nitrogen and oxygen atoms in total.